The Morgan fingerprint density at radius 2 is 1.45 bits per heavy atom. The number of carbonyl (C=O) groups excluding carboxylic acids is 1. The maximum Gasteiger partial charge on any atom is 0.256 e. The fourth-order valence-corrected chi connectivity index (χ4v) is 7.86. The van der Waals surface area contributed by atoms with Gasteiger partial charge in [0.1, 0.15) is 24.1 Å². The first-order valence-electron chi connectivity index (χ1n) is 15.9. The summed E-state index contributed by atoms with van der Waals surface area (Å²) < 4.78 is 18.7. The lowest BCUT2D eigenvalue weighted by molar-refractivity contribution is -0.00380. The summed E-state index contributed by atoms with van der Waals surface area (Å²) >= 11 is 1.70. The van der Waals surface area contributed by atoms with Crippen molar-refractivity contribution in [3.8, 4) is 11.5 Å². The number of aromatic nitrogens is 4. The second-order valence-corrected chi connectivity index (χ2v) is 12.8. The van der Waals surface area contributed by atoms with Gasteiger partial charge >= 0.3 is 0 Å². The van der Waals surface area contributed by atoms with Crippen LogP contribution in [0, 0.1) is 0 Å². The molecule has 0 radical (unpaired) electrons. The van der Waals surface area contributed by atoms with Crippen LogP contribution in [0.3, 0.4) is 0 Å². The Kier molecular flexibility index (Phi) is 9.30. The Balaban J connectivity index is 1.18. The van der Waals surface area contributed by atoms with Crippen molar-refractivity contribution in [1.29, 1.82) is 0 Å². The van der Waals surface area contributed by atoms with E-state index in [4.69, 9.17) is 14.2 Å². The SMILES string of the molecule is COc1ccc(C(SC[C@H]2O[C@@H](n3cnc4c(NC(=O)c5ccccc5)ncnc43)C[C@@H]2O)(c2ccccc2)c2ccc(OC)cc2)cc1. The van der Waals surface area contributed by atoms with Gasteiger partial charge in [-0.2, -0.15) is 0 Å². The molecule has 4 aromatic carbocycles. The third-order valence-electron chi connectivity index (χ3n) is 8.78. The Morgan fingerprint density at radius 3 is 2.06 bits per heavy atom. The summed E-state index contributed by atoms with van der Waals surface area (Å²) in [5.41, 5.74) is 4.64. The maximum atomic E-state index is 12.9. The summed E-state index contributed by atoms with van der Waals surface area (Å²) in [5, 5.41) is 14.2. The molecule has 2 aromatic heterocycles. The molecule has 3 atom stereocenters. The molecule has 0 unspecified atom stereocenters. The molecule has 7 rings (SSSR count). The number of nitrogens with one attached hydrogen (secondary N) is 1. The van der Waals surface area contributed by atoms with Gasteiger partial charge in [0.2, 0.25) is 0 Å². The largest absolute Gasteiger partial charge is 0.497 e. The highest BCUT2D eigenvalue weighted by Crippen LogP contribution is 2.50. The molecule has 1 saturated heterocycles. The minimum absolute atomic E-state index is 0.296. The van der Waals surface area contributed by atoms with E-state index in [2.05, 4.69) is 56.7 Å². The van der Waals surface area contributed by atoms with E-state index in [0.29, 0.717) is 34.7 Å². The normalized spacial score (nSPS) is 17.6. The number of thioether (sulfide) groups is 1. The molecule has 1 aliphatic rings. The monoisotopic (exact) mass is 673 g/mol. The fraction of sp³-hybridized carbons (Fsp3) is 0.211. The lowest BCUT2D eigenvalue weighted by Gasteiger charge is -2.36. The van der Waals surface area contributed by atoms with Crippen molar-refractivity contribution in [2.24, 2.45) is 0 Å². The molecule has 0 saturated carbocycles. The molecule has 1 amide bonds. The van der Waals surface area contributed by atoms with Crippen LogP contribution >= 0.6 is 11.8 Å². The maximum absolute atomic E-state index is 12.9. The first-order chi connectivity index (χ1) is 24.0. The molecular weight excluding hydrogens is 639 g/mol. The van der Waals surface area contributed by atoms with Crippen molar-refractivity contribution in [3.05, 3.63) is 144 Å². The van der Waals surface area contributed by atoms with E-state index in [9.17, 15) is 9.90 Å². The van der Waals surface area contributed by atoms with Crippen molar-refractivity contribution < 1.29 is 24.1 Å². The average molecular weight is 674 g/mol. The topological polar surface area (TPSA) is 121 Å². The van der Waals surface area contributed by atoms with Crippen LogP contribution in [0.2, 0.25) is 0 Å². The van der Waals surface area contributed by atoms with E-state index in [1.807, 2.05) is 48.5 Å². The van der Waals surface area contributed by atoms with Gasteiger partial charge in [0.15, 0.2) is 17.0 Å². The smallest absolute Gasteiger partial charge is 0.256 e. The molecule has 0 spiro atoms. The predicted molar refractivity (Wildman–Crippen MR) is 189 cm³/mol. The number of nitrogens with zero attached hydrogens (tertiary/aromatic N) is 4. The van der Waals surface area contributed by atoms with Crippen molar-refractivity contribution in [2.75, 3.05) is 25.3 Å². The number of hydrogen-bond donors (Lipinski definition) is 2. The molecule has 10 nitrogen and oxygen atoms in total. The van der Waals surface area contributed by atoms with Gasteiger partial charge < -0.3 is 24.6 Å². The second-order valence-electron chi connectivity index (χ2n) is 11.6. The Hall–Kier alpha value is -5.23. The molecule has 248 valence electrons. The van der Waals surface area contributed by atoms with Crippen molar-refractivity contribution >= 4 is 34.7 Å². The van der Waals surface area contributed by atoms with Gasteiger partial charge in [0.25, 0.3) is 5.91 Å². The van der Waals surface area contributed by atoms with Gasteiger partial charge in [0, 0.05) is 17.7 Å². The summed E-state index contributed by atoms with van der Waals surface area (Å²) in [6.07, 6.45) is 1.59. The van der Waals surface area contributed by atoms with Gasteiger partial charge in [-0.25, -0.2) is 15.0 Å². The Bertz CT molecular complexity index is 1980. The average Bonchev–Trinajstić information content (AvgIpc) is 3.76. The first kappa shape index (κ1) is 32.3. The van der Waals surface area contributed by atoms with Crippen LogP contribution < -0.4 is 14.8 Å². The van der Waals surface area contributed by atoms with Gasteiger partial charge in [-0.1, -0.05) is 72.8 Å². The Labute approximate surface area is 288 Å². The van der Waals surface area contributed by atoms with Crippen LogP contribution in [-0.2, 0) is 9.48 Å². The van der Waals surface area contributed by atoms with Crippen LogP contribution in [0.15, 0.2) is 122 Å². The lowest BCUT2D eigenvalue weighted by atomic mass is 9.84. The van der Waals surface area contributed by atoms with E-state index < -0.39 is 23.2 Å². The minimum atomic E-state index is -0.741. The minimum Gasteiger partial charge on any atom is -0.497 e. The molecular formula is C38H35N5O5S. The fourth-order valence-electron chi connectivity index (χ4n) is 6.24. The number of ether oxygens (including phenoxy) is 3. The highest BCUT2D eigenvalue weighted by atomic mass is 32.2. The molecule has 11 heteroatoms. The van der Waals surface area contributed by atoms with E-state index >= 15 is 0 Å². The quantitative estimate of drug-likeness (QED) is 0.149. The summed E-state index contributed by atoms with van der Waals surface area (Å²) in [4.78, 5) is 26.1. The zero-order valence-electron chi connectivity index (χ0n) is 27.0. The molecule has 0 aliphatic carbocycles. The third-order valence-corrected chi connectivity index (χ3v) is 10.4. The van der Waals surface area contributed by atoms with E-state index in [1.165, 1.54) is 6.33 Å². The highest BCUT2D eigenvalue weighted by molar-refractivity contribution is 8.00. The van der Waals surface area contributed by atoms with Gasteiger partial charge in [-0.3, -0.25) is 9.36 Å². The number of rotatable bonds is 11. The first-order valence-corrected chi connectivity index (χ1v) is 16.8. The van der Waals surface area contributed by atoms with Crippen LogP contribution in [0.1, 0.15) is 39.7 Å². The van der Waals surface area contributed by atoms with E-state index in [-0.39, 0.29) is 5.91 Å². The highest BCUT2D eigenvalue weighted by Gasteiger charge is 2.42. The summed E-state index contributed by atoms with van der Waals surface area (Å²) in [5.74, 6) is 2.01. The summed E-state index contributed by atoms with van der Waals surface area (Å²) in [7, 11) is 3.31. The predicted octanol–water partition coefficient (Wildman–Crippen LogP) is 6.47. The number of amides is 1. The summed E-state index contributed by atoms with van der Waals surface area (Å²) in [6.45, 7) is 0. The van der Waals surface area contributed by atoms with Crippen molar-refractivity contribution in [1.82, 2.24) is 19.5 Å². The molecule has 49 heavy (non-hydrogen) atoms. The van der Waals surface area contributed by atoms with Crippen molar-refractivity contribution in [3.63, 3.8) is 0 Å². The second kappa shape index (κ2) is 14.1. The molecule has 3 heterocycles. The third kappa shape index (κ3) is 6.35. The van der Waals surface area contributed by atoms with Gasteiger partial charge in [-0.05, 0) is 53.1 Å². The molecule has 1 fully saturated rings. The summed E-state index contributed by atoms with van der Waals surface area (Å²) in [6, 6.07) is 35.5. The standard InChI is InChI=1S/C38H35N5O5S/c1-46-29-17-13-27(14-18-29)38(26-11-7-4-8-12-26,28-15-19-30(47-2)20-16-28)49-22-32-31(44)21-33(48-32)43-24-41-34-35(39-23-40-36(34)43)42-37(45)25-9-5-3-6-10-25/h3-20,23-24,31-33,44H,21-22H2,1-2H3,(H,39,40,42,45)/t31-,32+,33+/m0/s1. The number of methoxy groups -OCH3 is 2. The van der Waals surface area contributed by atoms with Gasteiger partial charge in [0.05, 0.1) is 37.5 Å². The van der Waals surface area contributed by atoms with Crippen LogP contribution in [-0.4, -0.2) is 62.7 Å². The van der Waals surface area contributed by atoms with Crippen LogP contribution in [0.4, 0.5) is 5.82 Å². The number of fused-ring (bicyclic) bond motifs is 1. The van der Waals surface area contributed by atoms with E-state index in [1.54, 1.807) is 61.1 Å². The Morgan fingerprint density at radius 1 is 0.857 bits per heavy atom. The molecule has 0 bridgehead atoms. The lowest BCUT2D eigenvalue weighted by Crippen LogP contribution is -2.31. The van der Waals surface area contributed by atoms with Crippen LogP contribution in [0.5, 0.6) is 11.5 Å². The number of imidazole rings is 1. The van der Waals surface area contributed by atoms with E-state index in [0.717, 1.165) is 28.2 Å². The zero-order chi connectivity index (χ0) is 33.8. The molecule has 6 aromatic rings. The number of benzene rings is 4. The molecule has 1 aliphatic heterocycles. The number of aliphatic hydroxyl groups is 1. The molecule has 2 N–H and O–H groups in total. The van der Waals surface area contributed by atoms with Gasteiger partial charge in [-0.15, -0.1) is 11.8 Å². The zero-order valence-corrected chi connectivity index (χ0v) is 27.8. The van der Waals surface area contributed by atoms with Crippen LogP contribution in [0.25, 0.3) is 11.2 Å². The number of carbonyl (C=O) groups is 1. The number of aliphatic hydroxyl groups excluding tert-OH is 1. The number of anilines is 1. The number of hydrogen-bond acceptors (Lipinski definition) is 9. The van der Waals surface area contributed by atoms with Crippen molar-refractivity contribution in [2.45, 2.75) is 29.6 Å².